The van der Waals surface area contributed by atoms with Gasteiger partial charge in [0.25, 0.3) is 0 Å². The quantitative estimate of drug-likeness (QED) is 0.454. The van der Waals surface area contributed by atoms with Gasteiger partial charge in [0.05, 0.1) is 35.9 Å². The fourth-order valence-electron chi connectivity index (χ4n) is 3.42. The third kappa shape index (κ3) is 2.37. The number of nitrogens with zero attached hydrogens (tertiary/aromatic N) is 3. The third-order valence-electron chi connectivity index (χ3n) is 4.35. The molecule has 0 spiro atoms. The number of carboxylic acids is 1. The zero-order chi connectivity index (χ0) is 15.6. The van der Waals surface area contributed by atoms with Crippen LogP contribution in [0.15, 0.2) is 23.5 Å². The minimum Gasteiger partial charge on any atom is -0.543 e. The van der Waals surface area contributed by atoms with Crippen LogP contribution in [-0.4, -0.2) is 43.4 Å². The average Bonchev–Trinajstić information content (AvgIpc) is 3.08. The van der Waals surface area contributed by atoms with Crippen LogP contribution in [0, 0.1) is 5.92 Å². The van der Waals surface area contributed by atoms with Crippen LogP contribution in [0.3, 0.4) is 0 Å². The molecule has 0 unspecified atom stereocenters. The first kappa shape index (κ1) is 17.3. The van der Waals surface area contributed by atoms with Crippen LogP contribution in [-0.2, 0) is 9.59 Å². The van der Waals surface area contributed by atoms with E-state index < -0.39 is 18.0 Å². The third-order valence-corrected chi connectivity index (χ3v) is 5.15. The molecule has 1 N–H and O–H groups in total. The van der Waals surface area contributed by atoms with E-state index in [0.717, 1.165) is 4.83 Å². The van der Waals surface area contributed by atoms with E-state index in [1.165, 1.54) is 16.2 Å². The molecule has 0 radical (unpaired) electrons. The maximum absolute atomic E-state index is 12.1. The molecule has 0 bridgehead atoms. The topological polar surface area (TPSA) is 98.0 Å². The smallest absolute Gasteiger partial charge is 0.543 e. The van der Waals surface area contributed by atoms with Gasteiger partial charge >= 0.3 is 51.4 Å². The molecule has 2 aromatic heterocycles. The summed E-state index contributed by atoms with van der Waals surface area (Å²) in [4.78, 5) is 30.1. The van der Waals surface area contributed by atoms with Crippen LogP contribution >= 0.6 is 11.3 Å². The number of aliphatic hydroxyl groups is 1. The van der Waals surface area contributed by atoms with Gasteiger partial charge in [-0.15, -0.1) is 11.3 Å². The summed E-state index contributed by atoms with van der Waals surface area (Å²) in [5.74, 6) is -1.80. The Kier molecular flexibility index (Phi) is 4.56. The zero-order valence-corrected chi connectivity index (χ0v) is 16.5. The van der Waals surface area contributed by atoms with Gasteiger partial charge in [-0.05, 0) is 13.3 Å². The number of β-lactam (4-membered cyclic amide) rings is 1. The van der Waals surface area contributed by atoms with Crippen LogP contribution in [0.2, 0.25) is 0 Å². The largest absolute Gasteiger partial charge is 1.00 e. The normalized spacial score (nSPS) is 24.4. The SMILES string of the molecule is C[C@@H](O)[C@H]1C(=O)N2C(C(=O)[O-])=C(c3ncc4sccn34)C[C@H]12.[K+]. The molecule has 7 nitrogen and oxygen atoms in total. The Labute approximate surface area is 178 Å². The summed E-state index contributed by atoms with van der Waals surface area (Å²) >= 11 is 1.49. The van der Waals surface area contributed by atoms with Crippen molar-refractivity contribution in [2.24, 2.45) is 5.92 Å². The van der Waals surface area contributed by atoms with Gasteiger partial charge in [0.2, 0.25) is 5.91 Å². The maximum atomic E-state index is 12.1. The Morgan fingerprint density at radius 1 is 1.57 bits per heavy atom. The van der Waals surface area contributed by atoms with Crippen molar-refractivity contribution in [3.8, 4) is 0 Å². The molecule has 2 aliphatic rings. The van der Waals surface area contributed by atoms with Crippen molar-refractivity contribution in [2.45, 2.75) is 25.5 Å². The van der Waals surface area contributed by atoms with Crippen LogP contribution in [0.5, 0.6) is 0 Å². The number of aromatic nitrogens is 2. The van der Waals surface area contributed by atoms with E-state index in [2.05, 4.69) is 4.98 Å². The van der Waals surface area contributed by atoms with Crippen LogP contribution in [0.1, 0.15) is 19.2 Å². The van der Waals surface area contributed by atoms with E-state index in [1.54, 1.807) is 17.5 Å². The molecule has 23 heavy (non-hydrogen) atoms. The first-order valence-electron chi connectivity index (χ1n) is 6.87. The molecule has 1 saturated heterocycles. The molecule has 0 saturated carbocycles. The second-order valence-electron chi connectivity index (χ2n) is 5.55. The Morgan fingerprint density at radius 3 is 2.96 bits per heavy atom. The van der Waals surface area contributed by atoms with Crippen molar-refractivity contribution in [3.05, 3.63) is 29.3 Å². The maximum Gasteiger partial charge on any atom is 1.00 e. The molecule has 114 valence electrons. The van der Waals surface area contributed by atoms with Gasteiger partial charge in [0.1, 0.15) is 10.7 Å². The van der Waals surface area contributed by atoms with E-state index in [4.69, 9.17) is 0 Å². The van der Waals surface area contributed by atoms with Gasteiger partial charge in [-0.1, -0.05) is 0 Å². The van der Waals surface area contributed by atoms with E-state index in [0.29, 0.717) is 17.8 Å². The molecule has 0 aromatic carbocycles. The van der Waals surface area contributed by atoms with Crippen molar-refractivity contribution in [1.82, 2.24) is 14.3 Å². The molecule has 4 rings (SSSR count). The number of hydrogen-bond acceptors (Lipinski definition) is 6. The summed E-state index contributed by atoms with van der Waals surface area (Å²) in [6, 6.07) is -0.332. The second kappa shape index (κ2) is 6.07. The van der Waals surface area contributed by atoms with Crippen LogP contribution in [0.4, 0.5) is 0 Å². The van der Waals surface area contributed by atoms with Crippen molar-refractivity contribution in [1.29, 1.82) is 0 Å². The number of imidazole rings is 1. The van der Waals surface area contributed by atoms with Gasteiger partial charge in [-0.2, -0.15) is 0 Å². The number of thiazole rings is 1. The molecule has 4 heterocycles. The molecule has 1 fully saturated rings. The molecular weight excluding hydrogens is 345 g/mol. The molecule has 2 aromatic rings. The predicted octanol–water partition coefficient (Wildman–Crippen LogP) is -3.53. The molecule has 0 aliphatic carbocycles. The van der Waals surface area contributed by atoms with Crippen LogP contribution in [0.25, 0.3) is 10.4 Å². The number of aliphatic carboxylic acids is 1. The molecule has 3 atom stereocenters. The minimum absolute atomic E-state index is 0. The number of aliphatic hydroxyl groups excluding tert-OH is 1. The van der Waals surface area contributed by atoms with Gasteiger partial charge in [0, 0.05) is 17.2 Å². The van der Waals surface area contributed by atoms with Crippen molar-refractivity contribution < 1.29 is 71.2 Å². The standard InChI is InChI=1S/C14H13N3O4S.K/c1-6(18)10-8-4-7(11(14(20)21)17(8)13(10)19)12-15-5-9-16(12)2-3-22-9;/h2-3,5-6,8,10,18H,4H2,1H3,(H,20,21);/q;+1/p-1/t6-,8-,10-;/m1./s1. The molecule has 2 aliphatic heterocycles. The summed E-state index contributed by atoms with van der Waals surface area (Å²) in [6.45, 7) is 1.54. The Morgan fingerprint density at radius 2 is 2.30 bits per heavy atom. The summed E-state index contributed by atoms with van der Waals surface area (Å²) in [7, 11) is 0. The van der Waals surface area contributed by atoms with Crippen molar-refractivity contribution >= 4 is 33.6 Å². The second-order valence-corrected chi connectivity index (χ2v) is 6.48. The summed E-state index contributed by atoms with van der Waals surface area (Å²) in [5, 5.41) is 23.1. The van der Waals surface area contributed by atoms with Crippen molar-refractivity contribution in [2.75, 3.05) is 0 Å². The van der Waals surface area contributed by atoms with E-state index in [-0.39, 0.29) is 69.0 Å². The number of carbonyl (C=O) groups is 2. The van der Waals surface area contributed by atoms with E-state index >= 15 is 0 Å². The summed E-state index contributed by atoms with van der Waals surface area (Å²) in [6.07, 6.45) is 3.03. The molecule has 1 amide bonds. The van der Waals surface area contributed by atoms with Gasteiger partial charge in [0.15, 0.2) is 0 Å². The number of fused-ring (bicyclic) bond motifs is 2. The number of carbonyl (C=O) groups excluding carboxylic acids is 2. The summed E-state index contributed by atoms with van der Waals surface area (Å²) < 4.78 is 1.80. The summed E-state index contributed by atoms with van der Waals surface area (Å²) in [5.41, 5.74) is 0.366. The van der Waals surface area contributed by atoms with Crippen molar-refractivity contribution in [3.63, 3.8) is 0 Å². The fraction of sp³-hybridized carbons (Fsp3) is 0.357. The van der Waals surface area contributed by atoms with Gasteiger partial charge in [-0.25, -0.2) is 4.98 Å². The first-order valence-corrected chi connectivity index (χ1v) is 7.75. The minimum atomic E-state index is -1.39. The number of hydrogen-bond donors (Lipinski definition) is 1. The predicted molar refractivity (Wildman–Crippen MR) is 75.4 cm³/mol. The monoisotopic (exact) mass is 357 g/mol. The fourth-order valence-corrected chi connectivity index (χ4v) is 4.12. The van der Waals surface area contributed by atoms with E-state index in [9.17, 15) is 19.8 Å². The van der Waals surface area contributed by atoms with E-state index in [1.807, 2.05) is 11.6 Å². The molecule has 9 heteroatoms. The molecular formula is C14H12KN3O4S. The van der Waals surface area contributed by atoms with Gasteiger partial charge < -0.3 is 19.9 Å². The van der Waals surface area contributed by atoms with Gasteiger partial charge in [-0.3, -0.25) is 9.20 Å². The Bertz CT molecular complexity index is 840. The first-order chi connectivity index (χ1) is 10.5. The number of carboxylic acid groups (broad SMARTS) is 1. The number of rotatable bonds is 3. The number of amides is 1. The van der Waals surface area contributed by atoms with Crippen LogP contribution < -0.4 is 56.5 Å². The zero-order valence-electron chi connectivity index (χ0n) is 12.6. The Balaban J connectivity index is 0.00000156. The average molecular weight is 357 g/mol. The Hall–Kier alpha value is -0.554.